The first kappa shape index (κ1) is 10.9. The van der Waals surface area contributed by atoms with Gasteiger partial charge in [0.1, 0.15) is 0 Å². The summed E-state index contributed by atoms with van der Waals surface area (Å²) in [5, 5.41) is 0.728. The van der Waals surface area contributed by atoms with Crippen LogP contribution in [0.1, 0.15) is 16.7 Å². The molecule has 0 atom stereocenters. The normalized spacial score (nSPS) is 11.5. The maximum absolute atomic E-state index is 6.21. The number of aryl methyl sites for hydroxylation is 1. The summed E-state index contributed by atoms with van der Waals surface area (Å²) in [6.07, 6.45) is 5.43. The summed E-state index contributed by atoms with van der Waals surface area (Å²) in [4.78, 5) is 3.96. The van der Waals surface area contributed by atoms with E-state index in [1.807, 2.05) is 18.2 Å². The molecule has 16 heavy (non-hydrogen) atoms. The van der Waals surface area contributed by atoms with E-state index in [1.54, 1.807) is 12.4 Å². The van der Waals surface area contributed by atoms with Crippen LogP contribution in [-0.4, -0.2) is 4.98 Å². The standard InChI is InChI=1S/C14H12ClN/c1-11-2-4-12(5-3-11)10-14(15)13-6-8-16-9-7-13/h2-10H,1H3. The van der Waals surface area contributed by atoms with Crippen molar-refractivity contribution in [3.05, 3.63) is 65.5 Å². The molecule has 0 saturated heterocycles. The molecule has 0 fully saturated rings. The molecule has 0 aliphatic heterocycles. The highest BCUT2D eigenvalue weighted by atomic mass is 35.5. The molecule has 1 aromatic carbocycles. The Morgan fingerprint density at radius 2 is 1.69 bits per heavy atom. The number of nitrogens with zero attached hydrogens (tertiary/aromatic N) is 1. The van der Waals surface area contributed by atoms with Crippen molar-refractivity contribution in [2.75, 3.05) is 0 Å². The molecule has 0 N–H and O–H groups in total. The van der Waals surface area contributed by atoms with Crippen LogP contribution in [0.2, 0.25) is 0 Å². The Morgan fingerprint density at radius 3 is 2.31 bits per heavy atom. The minimum absolute atomic E-state index is 0.728. The maximum atomic E-state index is 6.21. The molecule has 0 amide bonds. The minimum Gasteiger partial charge on any atom is -0.265 e. The van der Waals surface area contributed by atoms with Crippen LogP contribution < -0.4 is 0 Å². The SMILES string of the molecule is Cc1ccc(C=C(Cl)c2ccncc2)cc1. The summed E-state index contributed by atoms with van der Waals surface area (Å²) >= 11 is 6.21. The number of aromatic nitrogens is 1. The second kappa shape index (κ2) is 4.95. The zero-order chi connectivity index (χ0) is 11.4. The van der Waals surface area contributed by atoms with Gasteiger partial charge in [-0.15, -0.1) is 0 Å². The van der Waals surface area contributed by atoms with Crippen LogP contribution in [-0.2, 0) is 0 Å². The molecule has 0 saturated carbocycles. The molecule has 2 heteroatoms. The van der Waals surface area contributed by atoms with E-state index in [-0.39, 0.29) is 0 Å². The lowest BCUT2D eigenvalue weighted by Crippen LogP contribution is -1.79. The topological polar surface area (TPSA) is 12.9 Å². The quantitative estimate of drug-likeness (QED) is 0.755. The molecule has 0 radical (unpaired) electrons. The highest BCUT2D eigenvalue weighted by Crippen LogP contribution is 2.21. The largest absolute Gasteiger partial charge is 0.265 e. The second-order valence-corrected chi connectivity index (χ2v) is 4.05. The molecule has 1 heterocycles. The van der Waals surface area contributed by atoms with Crippen molar-refractivity contribution in [2.45, 2.75) is 6.92 Å². The van der Waals surface area contributed by atoms with E-state index < -0.39 is 0 Å². The van der Waals surface area contributed by atoms with Crippen molar-refractivity contribution in [1.82, 2.24) is 4.98 Å². The lowest BCUT2D eigenvalue weighted by Gasteiger charge is -1.99. The predicted molar refractivity (Wildman–Crippen MR) is 69.1 cm³/mol. The Bertz CT molecular complexity index is 486. The fourth-order valence-corrected chi connectivity index (χ4v) is 1.66. The van der Waals surface area contributed by atoms with Gasteiger partial charge in [-0.05, 0) is 36.3 Å². The number of pyridine rings is 1. The first-order valence-corrected chi connectivity index (χ1v) is 5.48. The van der Waals surface area contributed by atoms with Crippen LogP contribution in [0.3, 0.4) is 0 Å². The monoisotopic (exact) mass is 229 g/mol. The van der Waals surface area contributed by atoms with Gasteiger partial charge < -0.3 is 0 Å². The minimum atomic E-state index is 0.728. The Hall–Kier alpha value is -1.60. The first-order chi connectivity index (χ1) is 7.75. The molecule has 0 aliphatic carbocycles. The Labute approximate surface area is 100 Å². The van der Waals surface area contributed by atoms with Crippen molar-refractivity contribution in [2.24, 2.45) is 0 Å². The molecule has 80 valence electrons. The van der Waals surface area contributed by atoms with Gasteiger partial charge >= 0.3 is 0 Å². The van der Waals surface area contributed by atoms with Gasteiger partial charge in [-0.25, -0.2) is 0 Å². The van der Waals surface area contributed by atoms with Crippen LogP contribution in [0, 0.1) is 6.92 Å². The van der Waals surface area contributed by atoms with Crippen LogP contribution in [0.15, 0.2) is 48.8 Å². The summed E-state index contributed by atoms with van der Waals surface area (Å²) in [5.41, 5.74) is 3.34. The maximum Gasteiger partial charge on any atom is 0.0485 e. The van der Waals surface area contributed by atoms with Crippen molar-refractivity contribution in [3.8, 4) is 0 Å². The van der Waals surface area contributed by atoms with E-state index in [0.29, 0.717) is 0 Å². The van der Waals surface area contributed by atoms with Crippen LogP contribution in [0.4, 0.5) is 0 Å². The second-order valence-electron chi connectivity index (χ2n) is 3.64. The predicted octanol–water partition coefficient (Wildman–Crippen LogP) is 4.13. The van der Waals surface area contributed by atoms with Crippen LogP contribution >= 0.6 is 11.6 Å². The smallest absolute Gasteiger partial charge is 0.0485 e. The summed E-state index contributed by atoms with van der Waals surface area (Å²) in [6, 6.07) is 12.0. The van der Waals surface area contributed by atoms with Gasteiger partial charge in [-0.1, -0.05) is 41.4 Å². The van der Waals surface area contributed by atoms with Gasteiger partial charge in [0.2, 0.25) is 0 Å². The number of benzene rings is 1. The highest BCUT2D eigenvalue weighted by Gasteiger charge is 1.97. The van der Waals surface area contributed by atoms with Crippen molar-refractivity contribution in [3.63, 3.8) is 0 Å². The van der Waals surface area contributed by atoms with E-state index in [1.165, 1.54) is 5.56 Å². The zero-order valence-electron chi connectivity index (χ0n) is 9.02. The van der Waals surface area contributed by atoms with Crippen molar-refractivity contribution >= 4 is 22.7 Å². The molecule has 2 rings (SSSR count). The summed E-state index contributed by atoms with van der Waals surface area (Å²) < 4.78 is 0. The average molecular weight is 230 g/mol. The summed E-state index contributed by atoms with van der Waals surface area (Å²) in [6.45, 7) is 2.07. The fraction of sp³-hybridized carbons (Fsp3) is 0.0714. The number of hydrogen-bond donors (Lipinski definition) is 0. The van der Waals surface area contributed by atoms with Gasteiger partial charge in [0.05, 0.1) is 0 Å². The van der Waals surface area contributed by atoms with Crippen LogP contribution in [0.5, 0.6) is 0 Å². The molecule has 0 bridgehead atoms. The highest BCUT2D eigenvalue weighted by molar-refractivity contribution is 6.51. The van der Waals surface area contributed by atoms with Crippen molar-refractivity contribution < 1.29 is 0 Å². The van der Waals surface area contributed by atoms with E-state index in [2.05, 4.69) is 36.2 Å². The Kier molecular flexibility index (Phi) is 3.37. The zero-order valence-corrected chi connectivity index (χ0v) is 9.78. The van der Waals surface area contributed by atoms with Gasteiger partial charge in [-0.3, -0.25) is 4.98 Å². The summed E-state index contributed by atoms with van der Waals surface area (Å²) in [7, 11) is 0. The average Bonchev–Trinajstić information content (AvgIpc) is 2.33. The lowest BCUT2D eigenvalue weighted by atomic mass is 10.1. The Morgan fingerprint density at radius 1 is 1.06 bits per heavy atom. The molecule has 0 unspecified atom stereocenters. The Balaban J connectivity index is 2.28. The molecule has 1 nitrogen and oxygen atoms in total. The number of halogens is 1. The third-order valence-corrected chi connectivity index (χ3v) is 2.65. The lowest BCUT2D eigenvalue weighted by molar-refractivity contribution is 1.32. The van der Waals surface area contributed by atoms with Gasteiger partial charge in [-0.2, -0.15) is 0 Å². The van der Waals surface area contributed by atoms with Gasteiger partial charge in [0, 0.05) is 17.4 Å². The van der Waals surface area contributed by atoms with Gasteiger partial charge in [0.25, 0.3) is 0 Å². The third kappa shape index (κ3) is 2.71. The molecule has 1 aromatic heterocycles. The molecule has 0 spiro atoms. The van der Waals surface area contributed by atoms with E-state index in [4.69, 9.17) is 11.6 Å². The van der Waals surface area contributed by atoms with E-state index >= 15 is 0 Å². The molecular weight excluding hydrogens is 218 g/mol. The van der Waals surface area contributed by atoms with Gasteiger partial charge in [0.15, 0.2) is 0 Å². The fourth-order valence-electron chi connectivity index (χ4n) is 1.40. The number of hydrogen-bond acceptors (Lipinski definition) is 1. The third-order valence-electron chi connectivity index (χ3n) is 2.33. The summed E-state index contributed by atoms with van der Waals surface area (Å²) in [5.74, 6) is 0. The van der Waals surface area contributed by atoms with E-state index in [0.717, 1.165) is 16.2 Å². The van der Waals surface area contributed by atoms with Crippen LogP contribution in [0.25, 0.3) is 11.1 Å². The molecule has 2 aromatic rings. The van der Waals surface area contributed by atoms with Crippen molar-refractivity contribution in [1.29, 1.82) is 0 Å². The number of rotatable bonds is 2. The molecular formula is C14H12ClN. The first-order valence-electron chi connectivity index (χ1n) is 5.10. The van der Waals surface area contributed by atoms with E-state index in [9.17, 15) is 0 Å². The molecule has 0 aliphatic rings.